The lowest BCUT2D eigenvalue weighted by Gasteiger charge is -2.64. The lowest BCUT2D eigenvalue weighted by Crippen LogP contribution is -2.76. The largest absolute Gasteiger partial charge is 0.469 e. The summed E-state index contributed by atoms with van der Waals surface area (Å²) in [7, 11) is 1.47. The van der Waals surface area contributed by atoms with Crippen LogP contribution in [0.25, 0.3) is 0 Å². The summed E-state index contributed by atoms with van der Waals surface area (Å²) in [6.07, 6.45) is 3.19. The molecule has 5 heteroatoms. The summed E-state index contributed by atoms with van der Waals surface area (Å²) >= 11 is 2.37. The van der Waals surface area contributed by atoms with Crippen molar-refractivity contribution in [2.45, 2.75) is 57.3 Å². The number of hydrogen-bond acceptors (Lipinski definition) is 4. The van der Waals surface area contributed by atoms with Gasteiger partial charge in [-0.05, 0) is 32.1 Å². The molecule has 3 aliphatic rings. The van der Waals surface area contributed by atoms with E-state index in [2.05, 4.69) is 36.4 Å². The van der Waals surface area contributed by atoms with Crippen LogP contribution in [0.5, 0.6) is 0 Å². The average Bonchev–Trinajstić information content (AvgIpc) is 2.65. The number of rotatable bonds is 3. The Hall–Kier alpha value is 0.120. The first-order valence-corrected chi connectivity index (χ1v) is 9.32. The zero-order chi connectivity index (χ0) is 15.5. The van der Waals surface area contributed by atoms with Gasteiger partial charge in [0.2, 0.25) is 0 Å². The van der Waals surface area contributed by atoms with Gasteiger partial charge in [0.25, 0.3) is 0 Å². The van der Waals surface area contributed by atoms with Crippen molar-refractivity contribution in [2.24, 2.45) is 17.3 Å². The van der Waals surface area contributed by atoms with E-state index >= 15 is 0 Å². The predicted molar refractivity (Wildman–Crippen MR) is 87.5 cm³/mol. The summed E-state index contributed by atoms with van der Waals surface area (Å²) in [5.74, 6) is 0.146. The highest BCUT2D eigenvalue weighted by Gasteiger charge is 2.77. The molecule has 2 aliphatic heterocycles. The van der Waals surface area contributed by atoms with E-state index in [0.717, 1.165) is 30.3 Å². The van der Waals surface area contributed by atoms with Crippen LogP contribution in [0, 0.1) is 17.3 Å². The third kappa shape index (κ3) is 1.89. The molecule has 1 aliphatic carbocycles. The van der Waals surface area contributed by atoms with Crippen LogP contribution in [-0.2, 0) is 19.0 Å². The number of esters is 1. The van der Waals surface area contributed by atoms with Crippen LogP contribution >= 0.6 is 22.6 Å². The van der Waals surface area contributed by atoms with Crippen molar-refractivity contribution in [3.63, 3.8) is 0 Å². The number of alkyl halides is 1. The molecule has 3 fully saturated rings. The molecular weight excluding hydrogens is 383 g/mol. The molecular formula is C16H25IO4. The third-order valence-electron chi connectivity index (χ3n) is 6.46. The quantitative estimate of drug-likeness (QED) is 0.409. The highest BCUT2D eigenvalue weighted by molar-refractivity contribution is 14.1. The van der Waals surface area contributed by atoms with E-state index in [1.54, 1.807) is 0 Å². The Bertz CT molecular complexity index is 456. The number of methoxy groups -OCH3 is 1. The molecule has 21 heavy (non-hydrogen) atoms. The van der Waals surface area contributed by atoms with Gasteiger partial charge in [0.05, 0.1) is 25.7 Å². The van der Waals surface area contributed by atoms with Gasteiger partial charge < -0.3 is 14.2 Å². The molecule has 2 heterocycles. The van der Waals surface area contributed by atoms with Crippen molar-refractivity contribution in [2.75, 3.05) is 18.1 Å². The molecule has 0 aromatic rings. The van der Waals surface area contributed by atoms with Crippen LogP contribution in [0.1, 0.15) is 40.0 Å². The van der Waals surface area contributed by atoms with Gasteiger partial charge in [0.1, 0.15) is 11.2 Å². The van der Waals surface area contributed by atoms with Crippen LogP contribution in [0.2, 0.25) is 0 Å². The van der Waals surface area contributed by atoms with Crippen LogP contribution in [0.15, 0.2) is 0 Å². The lowest BCUT2D eigenvalue weighted by atomic mass is 9.52. The Morgan fingerprint density at radius 1 is 1.48 bits per heavy atom. The van der Waals surface area contributed by atoms with Gasteiger partial charge >= 0.3 is 5.97 Å². The zero-order valence-electron chi connectivity index (χ0n) is 13.3. The fourth-order valence-corrected chi connectivity index (χ4v) is 5.80. The Balaban J connectivity index is 1.86. The van der Waals surface area contributed by atoms with E-state index in [4.69, 9.17) is 14.2 Å². The normalized spacial score (nSPS) is 49.8. The molecule has 1 saturated carbocycles. The summed E-state index contributed by atoms with van der Waals surface area (Å²) in [5.41, 5.74) is -0.338. The first kappa shape index (κ1) is 16.0. The smallest absolute Gasteiger partial charge is 0.308 e. The van der Waals surface area contributed by atoms with Gasteiger partial charge in [0.15, 0.2) is 0 Å². The Morgan fingerprint density at radius 3 is 2.81 bits per heavy atom. The number of carbonyl (C=O) groups is 1. The van der Waals surface area contributed by atoms with Crippen LogP contribution < -0.4 is 0 Å². The zero-order valence-corrected chi connectivity index (χ0v) is 15.4. The maximum Gasteiger partial charge on any atom is 0.308 e. The first-order chi connectivity index (χ1) is 9.83. The Kier molecular flexibility index (Phi) is 3.86. The van der Waals surface area contributed by atoms with E-state index in [0.29, 0.717) is 5.92 Å². The van der Waals surface area contributed by atoms with Gasteiger partial charge in [0, 0.05) is 9.84 Å². The number of hydrogen-bond donors (Lipinski definition) is 0. The SMILES string of the molecule is COC(=O)[C@@H](C)[C@@H]1CC[C@@]2(C)CO[C@]3(C)[C@@H](CI)O[C@]23C1. The summed E-state index contributed by atoms with van der Waals surface area (Å²) in [4.78, 5) is 11.9. The Morgan fingerprint density at radius 2 is 2.19 bits per heavy atom. The van der Waals surface area contributed by atoms with Crippen LogP contribution in [-0.4, -0.2) is 41.4 Å². The molecule has 0 aromatic heterocycles. The molecule has 0 aromatic carbocycles. The highest BCUT2D eigenvalue weighted by Crippen LogP contribution is 2.67. The van der Waals surface area contributed by atoms with Gasteiger partial charge in [-0.15, -0.1) is 0 Å². The molecule has 2 saturated heterocycles. The molecule has 0 unspecified atom stereocenters. The second kappa shape index (κ2) is 5.06. The monoisotopic (exact) mass is 408 g/mol. The van der Waals surface area contributed by atoms with E-state index in [-0.39, 0.29) is 34.6 Å². The van der Waals surface area contributed by atoms with Crippen molar-refractivity contribution < 1.29 is 19.0 Å². The van der Waals surface area contributed by atoms with Crippen molar-refractivity contribution in [1.82, 2.24) is 0 Å². The molecule has 0 bridgehead atoms. The van der Waals surface area contributed by atoms with E-state index in [9.17, 15) is 4.79 Å². The maximum absolute atomic E-state index is 11.9. The molecule has 3 rings (SSSR count). The van der Waals surface area contributed by atoms with Crippen LogP contribution in [0.3, 0.4) is 0 Å². The second-order valence-corrected chi connectivity index (χ2v) is 8.24. The van der Waals surface area contributed by atoms with Gasteiger partial charge in [-0.1, -0.05) is 36.4 Å². The fourth-order valence-electron chi connectivity index (χ4n) is 4.78. The molecule has 1 spiro atoms. The summed E-state index contributed by atoms with van der Waals surface area (Å²) in [5, 5.41) is 0. The molecule has 0 radical (unpaired) electrons. The van der Waals surface area contributed by atoms with Crippen molar-refractivity contribution in [3.8, 4) is 0 Å². The van der Waals surface area contributed by atoms with E-state index < -0.39 is 0 Å². The molecule has 120 valence electrons. The predicted octanol–water partition coefficient (Wildman–Crippen LogP) is 2.96. The maximum atomic E-state index is 11.9. The van der Waals surface area contributed by atoms with Gasteiger partial charge in [-0.2, -0.15) is 0 Å². The number of carbonyl (C=O) groups excluding carboxylic acids is 1. The summed E-state index contributed by atoms with van der Waals surface area (Å²) < 4.78 is 18.6. The fraction of sp³-hybridized carbons (Fsp3) is 0.938. The third-order valence-corrected chi connectivity index (χ3v) is 7.26. The summed E-state index contributed by atoms with van der Waals surface area (Å²) in [6, 6.07) is 0. The van der Waals surface area contributed by atoms with E-state index in [1.165, 1.54) is 7.11 Å². The standard InChI is InChI=1S/C16H25IO4/c1-10(13(18)19-4)11-5-6-14(2)9-20-15(3)12(8-17)21-16(14,15)7-11/h10-12H,5-9H2,1-4H3/t10-,11+,12+,14-,15+,16+/m0/s1. The second-order valence-electron chi connectivity index (χ2n) is 7.36. The Labute approximate surface area is 140 Å². The van der Waals surface area contributed by atoms with Crippen molar-refractivity contribution >= 4 is 28.6 Å². The van der Waals surface area contributed by atoms with E-state index in [1.807, 2.05) is 6.92 Å². The minimum Gasteiger partial charge on any atom is -0.469 e. The first-order valence-electron chi connectivity index (χ1n) is 7.79. The molecule has 4 nitrogen and oxygen atoms in total. The molecule has 0 amide bonds. The molecule has 0 N–H and O–H groups in total. The minimum atomic E-state index is -0.221. The summed E-state index contributed by atoms with van der Waals surface area (Å²) in [6.45, 7) is 7.25. The number of halogens is 1. The van der Waals surface area contributed by atoms with Gasteiger partial charge in [-0.3, -0.25) is 4.79 Å². The topological polar surface area (TPSA) is 44.8 Å². The van der Waals surface area contributed by atoms with Crippen molar-refractivity contribution in [1.29, 1.82) is 0 Å². The number of ether oxygens (including phenoxy) is 3. The van der Waals surface area contributed by atoms with Crippen LogP contribution in [0.4, 0.5) is 0 Å². The lowest BCUT2D eigenvalue weighted by molar-refractivity contribution is -0.343. The highest BCUT2D eigenvalue weighted by atomic mass is 127. The minimum absolute atomic E-state index is 0.0685. The van der Waals surface area contributed by atoms with Crippen molar-refractivity contribution in [3.05, 3.63) is 0 Å². The average molecular weight is 408 g/mol. The molecule has 6 atom stereocenters. The van der Waals surface area contributed by atoms with Gasteiger partial charge in [-0.25, -0.2) is 0 Å².